The number of rotatable bonds is 5. The van der Waals surface area contributed by atoms with Crippen LogP contribution in [0.5, 0.6) is 0 Å². The maximum absolute atomic E-state index is 13.5. The summed E-state index contributed by atoms with van der Waals surface area (Å²) in [7, 11) is 0. The fourth-order valence-corrected chi connectivity index (χ4v) is 4.50. The maximum Gasteiger partial charge on any atom is 0.335 e. The Morgan fingerprint density at radius 2 is 1.65 bits per heavy atom. The van der Waals surface area contributed by atoms with Crippen LogP contribution < -0.4 is 10.2 Å². The fraction of sp³-hybridized carbons (Fsp3) is 0.0357. The number of fused-ring (bicyclic) bond motifs is 1. The minimum Gasteiger partial charge on any atom is -0.273 e. The van der Waals surface area contributed by atoms with E-state index >= 15 is 0 Å². The van der Waals surface area contributed by atoms with Crippen LogP contribution in [0.2, 0.25) is 5.02 Å². The molecule has 0 radical (unpaired) electrons. The maximum atomic E-state index is 13.5. The Morgan fingerprint density at radius 3 is 2.43 bits per heavy atom. The van der Waals surface area contributed by atoms with Crippen molar-refractivity contribution < 1.29 is 19.3 Å². The number of amides is 4. The molecular formula is C28H18ClN3O5. The van der Waals surface area contributed by atoms with Crippen molar-refractivity contribution in [3.63, 3.8) is 0 Å². The van der Waals surface area contributed by atoms with Gasteiger partial charge in [0.15, 0.2) is 0 Å². The van der Waals surface area contributed by atoms with Gasteiger partial charge in [-0.05, 0) is 52.1 Å². The lowest BCUT2D eigenvalue weighted by molar-refractivity contribution is -0.384. The number of nitro groups is 1. The number of nitro benzene ring substituents is 1. The van der Waals surface area contributed by atoms with Gasteiger partial charge in [0.05, 0.1) is 10.6 Å². The highest BCUT2D eigenvalue weighted by Crippen LogP contribution is 2.31. The SMILES string of the molecule is O=C1NC(=O)N(c2cccc([N+](=O)[O-])c2)C(=O)/C1=C/c1c(Cc2ccccc2Cl)ccc2ccccc12. The van der Waals surface area contributed by atoms with Crippen molar-refractivity contribution in [3.05, 3.63) is 122 Å². The van der Waals surface area contributed by atoms with E-state index in [-0.39, 0.29) is 16.9 Å². The number of nitrogens with zero attached hydrogens (tertiary/aromatic N) is 2. The molecule has 0 aromatic heterocycles. The Kier molecular flexibility index (Phi) is 6.25. The van der Waals surface area contributed by atoms with Crippen LogP contribution in [-0.2, 0) is 16.0 Å². The molecule has 4 amide bonds. The molecular weight excluding hydrogens is 494 g/mol. The summed E-state index contributed by atoms with van der Waals surface area (Å²) in [5, 5.41) is 15.7. The molecule has 1 N–H and O–H groups in total. The summed E-state index contributed by atoms with van der Waals surface area (Å²) in [4.78, 5) is 50.3. The normalized spacial score (nSPS) is 14.8. The lowest BCUT2D eigenvalue weighted by Crippen LogP contribution is -2.54. The van der Waals surface area contributed by atoms with Crippen LogP contribution in [0, 0.1) is 10.1 Å². The Bertz CT molecular complexity index is 1650. The fourth-order valence-electron chi connectivity index (χ4n) is 4.29. The average molecular weight is 512 g/mol. The smallest absolute Gasteiger partial charge is 0.273 e. The molecule has 1 saturated heterocycles. The van der Waals surface area contributed by atoms with Crippen LogP contribution in [-0.4, -0.2) is 22.8 Å². The Balaban J connectivity index is 1.65. The molecule has 0 bridgehead atoms. The molecule has 9 heteroatoms. The molecule has 4 aromatic carbocycles. The van der Waals surface area contributed by atoms with Crippen LogP contribution in [0.1, 0.15) is 16.7 Å². The third kappa shape index (κ3) is 4.57. The van der Waals surface area contributed by atoms with Crippen LogP contribution >= 0.6 is 11.6 Å². The summed E-state index contributed by atoms with van der Waals surface area (Å²) < 4.78 is 0. The summed E-state index contributed by atoms with van der Waals surface area (Å²) in [5.41, 5.74) is 1.72. The highest BCUT2D eigenvalue weighted by molar-refractivity contribution is 6.39. The zero-order valence-corrected chi connectivity index (χ0v) is 19.9. The molecule has 0 unspecified atom stereocenters. The third-order valence-corrected chi connectivity index (χ3v) is 6.46. The van der Waals surface area contributed by atoms with Gasteiger partial charge in [0.1, 0.15) is 5.57 Å². The quantitative estimate of drug-likeness (QED) is 0.161. The van der Waals surface area contributed by atoms with Gasteiger partial charge >= 0.3 is 6.03 Å². The van der Waals surface area contributed by atoms with Crippen LogP contribution in [0.4, 0.5) is 16.2 Å². The molecule has 1 fully saturated rings. The molecule has 1 heterocycles. The van der Waals surface area contributed by atoms with Crippen LogP contribution in [0.15, 0.2) is 90.5 Å². The number of hydrogen-bond acceptors (Lipinski definition) is 5. The number of imide groups is 2. The molecule has 0 aliphatic carbocycles. The predicted octanol–water partition coefficient (Wildman–Crippen LogP) is 5.66. The Hall–Kier alpha value is -4.82. The van der Waals surface area contributed by atoms with E-state index in [4.69, 9.17) is 11.6 Å². The minimum absolute atomic E-state index is 0.0238. The van der Waals surface area contributed by atoms with Gasteiger partial charge < -0.3 is 0 Å². The lowest BCUT2D eigenvalue weighted by Gasteiger charge is -2.26. The second-order valence-electron chi connectivity index (χ2n) is 8.36. The van der Waals surface area contributed by atoms with E-state index < -0.39 is 22.8 Å². The highest BCUT2D eigenvalue weighted by Gasteiger charge is 2.37. The van der Waals surface area contributed by atoms with E-state index in [0.29, 0.717) is 17.0 Å². The summed E-state index contributed by atoms with van der Waals surface area (Å²) >= 11 is 6.40. The summed E-state index contributed by atoms with van der Waals surface area (Å²) in [6.07, 6.45) is 1.90. The van der Waals surface area contributed by atoms with Crippen molar-refractivity contribution >= 4 is 57.7 Å². The number of anilines is 1. The molecule has 182 valence electrons. The van der Waals surface area contributed by atoms with E-state index in [2.05, 4.69) is 5.32 Å². The van der Waals surface area contributed by atoms with Crippen molar-refractivity contribution in [3.8, 4) is 0 Å². The third-order valence-electron chi connectivity index (χ3n) is 6.09. The first-order chi connectivity index (χ1) is 17.8. The number of non-ortho nitro benzene ring substituents is 1. The van der Waals surface area contributed by atoms with Crippen LogP contribution in [0.3, 0.4) is 0 Å². The second-order valence-corrected chi connectivity index (χ2v) is 8.77. The van der Waals surface area contributed by atoms with Gasteiger partial charge in [-0.1, -0.05) is 72.3 Å². The van der Waals surface area contributed by atoms with Gasteiger partial charge in [-0.3, -0.25) is 25.0 Å². The summed E-state index contributed by atoms with van der Waals surface area (Å²) in [5.74, 6) is -1.74. The molecule has 4 aromatic rings. The number of halogens is 1. The lowest BCUT2D eigenvalue weighted by atomic mass is 9.92. The molecule has 8 nitrogen and oxygen atoms in total. The van der Waals surface area contributed by atoms with Crippen molar-refractivity contribution in [2.75, 3.05) is 4.90 Å². The number of carbonyl (C=O) groups excluding carboxylic acids is 3. The number of hydrogen-bond donors (Lipinski definition) is 1. The number of benzene rings is 4. The highest BCUT2D eigenvalue weighted by atomic mass is 35.5. The zero-order chi connectivity index (χ0) is 26.1. The number of carbonyl (C=O) groups is 3. The number of barbiturate groups is 1. The van der Waals surface area contributed by atoms with Crippen molar-refractivity contribution in [1.29, 1.82) is 0 Å². The topological polar surface area (TPSA) is 110 Å². The van der Waals surface area contributed by atoms with Gasteiger partial charge in [0, 0.05) is 17.2 Å². The first-order valence-corrected chi connectivity index (χ1v) is 11.6. The monoisotopic (exact) mass is 511 g/mol. The largest absolute Gasteiger partial charge is 0.335 e. The molecule has 1 aliphatic rings. The van der Waals surface area contributed by atoms with Gasteiger partial charge in [-0.15, -0.1) is 0 Å². The number of urea groups is 1. The average Bonchev–Trinajstić information content (AvgIpc) is 2.88. The van der Waals surface area contributed by atoms with Gasteiger partial charge in [-0.2, -0.15) is 0 Å². The van der Waals surface area contributed by atoms with E-state index in [1.54, 1.807) is 6.07 Å². The molecule has 1 aliphatic heterocycles. The summed E-state index contributed by atoms with van der Waals surface area (Å²) in [6, 6.07) is 22.9. The minimum atomic E-state index is -0.984. The molecule has 0 saturated carbocycles. The molecule has 37 heavy (non-hydrogen) atoms. The first-order valence-electron chi connectivity index (χ1n) is 11.2. The van der Waals surface area contributed by atoms with Gasteiger partial charge in [0.25, 0.3) is 17.5 Å². The van der Waals surface area contributed by atoms with Crippen molar-refractivity contribution in [2.45, 2.75) is 6.42 Å². The Morgan fingerprint density at radius 1 is 0.892 bits per heavy atom. The van der Waals surface area contributed by atoms with E-state index in [9.17, 15) is 24.5 Å². The standard InChI is InChI=1S/C28H18ClN3O5/c29-25-11-4-2-7-19(25)14-18-13-12-17-6-1-3-10-22(17)23(18)16-24-26(33)30-28(35)31(27(24)34)20-8-5-9-21(15-20)32(36)37/h1-13,15-16H,14H2,(H,30,33,35)/b24-16+. The first kappa shape index (κ1) is 23.9. The Labute approximate surface area is 215 Å². The summed E-state index contributed by atoms with van der Waals surface area (Å²) in [6.45, 7) is 0. The zero-order valence-electron chi connectivity index (χ0n) is 19.2. The molecule has 0 atom stereocenters. The number of nitrogens with one attached hydrogen (secondary N) is 1. The van der Waals surface area contributed by atoms with Crippen LogP contribution in [0.25, 0.3) is 16.8 Å². The molecule has 0 spiro atoms. The van der Waals surface area contributed by atoms with E-state index in [1.165, 1.54) is 24.3 Å². The van der Waals surface area contributed by atoms with Crippen molar-refractivity contribution in [1.82, 2.24) is 5.32 Å². The van der Waals surface area contributed by atoms with Gasteiger partial charge in [-0.25, -0.2) is 9.69 Å². The van der Waals surface area contributed by atoms with E-state index in [0.717, 1.165) is 32.9 Å². The van der Waals surface area contributed by atoms with E-state index in [1.807, 2.05) is 54.6 Å². The van der Waals surface area contributed by atoms with Gasteiger partial charge in [0.2, 0.25) is 0 Å². The van der Waals surface area contributed by atoms with Crippen molar-refractivity contribution in [2.24, 2.45) is 0 Å². The molecule has 5 rings (SSSR count). The second kappa shape index (κ2) is 9.67. The predicted molar refractivity (Wildman–Crippen MR) is 140 cm³/mol.